The molecule has 20 heavy (non-hydrogen) atoms. The minimum atomic E-state index is -0.0879. The standard InChI is InChI=1S/C16H13N3O/c1-11-6-8-12(9-7-11)19-17-10-15-16(20)13-4-2-3-5-14(13)18-15/h2-10,19H,1H3/b17-10+. The zero-order valence-electron chi connectivity index (χ0n) is 11.0. The number of carbonyl (C=O) groups excluding carboxylic acids is 1. The van der Waals surface area contributed by atoms with Crippen molar-refractivity contribution in [2.45, 2.75) is 6.92 Å². The van der Waals surface area contributed by atoms with Crippen LogP contribution in [0.15, 0.2) is 58.6 Å². The fraction of sp³-hybridized carbons (Fsp3) is 0.0625. The Morgan fingerprint density at radius 3 is 2.60 bits per heavy atom. The van der Waals surface area contributed by atoms with E-state index in [-0.39, 0.29) is 5.78 Å². The molecule has 0 amide bonds. The molecule has 0 unspecified atom stereocenters. The average Bonchev–Trinajstić information content (AvgIpc) is 2.78. The number of ketones is 1. The Morgan fingerprint density at radius 2 is 1.85 bits per heavy atom. The summed E-state index contributed by atoms with van der Waals surface area (Å²) in [6.45, 7) is 2.02. The molecule has 0 aromatic heterocycles. The van der Waals surface area contributed by atoms with Crippen LogP contribution in [0, 0.1) is 6.92 Å². The van der Waals surface area contributed by atoms with Gasteiger partial charge in [0.1, 0.15) is 5.71 Å². The summed E-state index contributed by atoms with van der Waals surface area (Å²) in [4.78, 5) is 16.3. The van der Waals surface area contributed by atoms with E-state index in [0.717, 1.165) is 5.69 Å². The summed E-state index contributed by atoms with van der Waals surface area (Å²) >= 11 is 0. The van der Waals surface area contributed by atoms with Gasteiger partial charge in [-0.3, -0.25) is 10.2 Å². The number of anilines is 1. The number of benzene rings is 2. The highest BCUT2D eigenvalue weighted by Crippen LogP contribution is 2.25. The van der Waals surface area contributed by atoms with Gasteiger partial charge in [-0.25, -0.2) is 4.99 Å². The van der Waals surface area contributed by atoms with Gasteiger partial charge < -0.3 is 0 Å². The van der Waals surface area contributed by atoms with Crippen molar-refractivity contribution in [1.82, 2.24) is 0 Å². The third kappa shape index (κ3) is 2.36. The summed E-state index contributed by atoms with van der Waals surface area (Å²) in [5.74, 6) is -0.0879. The first-order chi connectivity index (χ1) is 9.74. The lowest BCUT2D eigenvalue weighted by atomic mass is 10.1. The molecule has 1 aliphatic rings. The first-order valence-corrected chi connectivity index (χ1v) is 6.32. The molecule has 0 saturated carbocycles. The Morgan fingerprint density at radius 1 is 1.10 bits per heavy atom. The van der Waals surface area contributed by atoms with Gasteiger partial charge in [0.25, 0.3) is 0 Å². The number of hydrazone groups is 1. The van der Waals surface area contributed by atoms with Crippen LogP contribution in [0.4, 0.5) is 11.4 Å². The molecular formula is C16H13N3O. The first kappa shape index (κ1) is 12.3. The first-order valence-electron chi connectivity index (χ1n) is 6.32. The molecule has 1 aliphatic heterocycles. The molecule has 0 aliphatic carbocycles. The molecule has 0 fully saturated rings. The van der Waals surface area contributed by atoms with Crippen molar-refractivity contribution in [3.8, 4) is 0 Å². The molecule has 0 saturated heterocycles. The Labute approximate surface area is 116 Å². The lowest BCUT2D eigenvalue weighted by Gasteiger charge is -1.99. The highest BCUT2D eigenvalue weighted by atomic mass is 16.1. The molecule has 0 spiro atoms. The van der Waals surface area contributed by atoms with Crippen molar-refractivity contribution in [1.29, 1.82) is 0 Å². The number of nitrogens with zero attached hydrogens (tertiary/aromatic N) is 2. The second-order valence-electron chi connectivity index (χ2n) is 4.58. The largest absolute Gasteiger partial charge is 0.287 e. The van der Waals surface area contributed by atoms with Crippen LogP contribution in [0.5, 0.6) is 0 Å². The number of hydrogen-bond acceptors (Lipinski definition) is 4. The summed E-state index contributed by atoms with van der Waals surface area (Å²) in [7, 11) is 0. The fourth-order valence-electron chi connectivity index (χ4n) is 1.97. The fourth-order valence-corrected chi connectivity index (χ4v) is 1.97. The van der Waals surface area contributed by atoms with E-state index in [4.69, 9.17) is 0 Å². The number of aryl methyl sites for hydroxylation is 1. The van der Waals surface area contributed by atoms with E-state index in [1.54, 1.807) is 6.07 Å². The van der Waals surface area contributed by atoms with E-state index >= 15 is 0 Å². The maximum absolute atomic E-state index is 12.0. The molecule has 0 atom stereocenters. The number of hydrogen-bond donors (Lipinski definition) is 1. The van der Waals surface area contributed by atoms with Crippen LogP contribution in [0.3, 0.4) is 0 Å². The molecule has 2 aromatic rings. The number of nitrogens with one attached hydrogen (secondary N) is 1. The highest BCUT2D eigenvalue weighted by Gasteiger charge is 2.22. The third-order valence-electron chi connectivity index (χ3n) is 3.05. The molecular weight excluding hydrogens is 250 g/mol. The predicted molar refractivity (Wildman–Crippen MR) is 81.2 cm³/mol. The summed E-state index contributed by atoms with van der Waals surface area (Å²) in [5, 5.41) is 4.06. The summed E-state index contributed by atoms with van der Waals surface area (Å²) in [6.07, 6.45) is 1.46. The third-order valence-corrected chi connectivity index (χ3v) is 3.05. The predicted octanol–water partition coefficient (Wildman–Crippen LogP) is 3.36. The van der Waals surface area contributed by atoms with Crippen LogP contribution >= 0.6 is 0 Å². The van der Waals surface area contributed by atoms with Crippen LogP contribution < -0.4 is 5.43 Å². The van der Waals surface area contributed by atoms with Crippen molar-refractivity contribution in [3.63, 3.8) is 0 Å². The molecule has 3 rings (SSSR count). The van der Waals surface area contributed by atoms with E-state index in [1.165, 1.54) is 11.8 Å². The lowest BCUT2D eigenvalue weighted by molar-refractivity contribution is 0.107. The van der Waals surface area contributed by atoms with Crippen molar-refractivity contribution in [3.05, 3.63) is 59.7 Å². The monoisotopic (exact) mass is 263 g/mol. The van der Waals surface area contributed by atoms with Gasteiger partial charge in [-0.1, -0.05) is 29.8 Å². The minimum Gasteiger partial charge on any atom is -0.287 e. The zero-order chi connectivity index (χ0) is 13.9. The van der Waals surface area contributed by atoms with E-state index in [1.807, 2.05) is 49.4 Å². The van der Waals surface area contributed by atoms with Gasteiger partial charge >= 0.3 is 0 Å². The van der Waals surface area contributed by atoms with Gasteiger partial charge in [0.15, 0.2) is 0 Å². The number of para-hydroxylation sites is 1. The van der Waals surface area contributed by atoms with E-state index in [2.05, 4.69) is 15.5 Å². The van der Waals surface area contributed by atoms with Crippen molar-refractivity contribution < 1.29 is 4.79 Å². The highest BCUT2D eigenvalue weighted by molar-refractivity contribution is 6.67. The second kappa shape index (κ2) is 5.09. The van der Waals surface area contributed by atoms with Crippen LogP contribution in [0.25, 0.3) is 0 Å². The van der Waals surface area contributed by atoms with Crippen LogP contribution in [-0.2, 0) is 0 Å². The smallest absolute Gasteiger partial charge is 0.215 e. The van der Waals surface area contributed by atoms with Gasteiger partial charge in [0.05, 0.1) is 17.6 Å². The number of Topliss-reactive ketones (excluding diaryl/α,β-unsaturated/α-hetero) is 1. The van der Waals surface area contributed by atoms with Crippen LogP contribution in [0.2, 0.25) is 0 Å². The van der Waals surface area contributed by atoms with E-state index in [9.17, 15) is 4.79 Å². The van der Waals surface area contributed by atoms with Gasteiger partial charge in [-0.2, -0.15) is 5.10 Å². The van der Waals surface area contributed by atoms with Gasteiger partial charge in [0.2, 0.25) is 5.78 Å². The maximum atomic E-state index is 12.0. The molecule has 1 heterocycles. The average molecular weight is 263 g/mol. The topological polar surface area (TPSA) is 53.8 Å². The van der Waals surface area contributed by atoms with Crippen molar-refractivity contribution in [2.24, 2.45) is 10.1 Å². The van der Waals surface area contributed by atoms with Gasteiger partial charge in [-0.05, 0) is 31.2 Å². The molecule has 4 heteroatoms. The van der Waals surface area contributed by atoms with Gasteiger partial charge in [-0.15, -0.1) is 0 Å². The molecule has 0 bridgehead atoms. The number of rotatable bonds is 3. The lowest BCUT2D eigenvalue weighted by Crippen LogP contribution is -2.11. The molecule has 98 valence electrons. The van der Waals surface area contributed by atoms with E-state index < -0.39 is 0 Å². The Hall–Kier alpha value is -2.75. The Balaban J connectivity index is 1.72. The molecule has 0 radical (unpaired) electrons. The van der Waals surface area contributed by atoms with E-state index in [0.29, 0.717) is 17.0 Å². The second-order valence-corrected chi connectivity index (χ2v) is 4.58. The van der Waals surface area contributed by atoms with Crippen LogP contribution in [-0.4, -0.2) is 17.7 Å². The molecule has 2 aromatic carbocycles. The number of fused-ring (bicyclic) bond motifs is 1. The van der Waals surface area contributed by atoms with Crippen molar-refractivity contribution in [2.75, 3.05) is 5.43 Å². The Kier molecular flexibility index (Phi) is 3.13. The summed E-state index contributed by atoms with van der Waals surface area (Å²) in [5.41, 5.74) is 6.62. The van der Waals surface area contributed by atoms with Crippen molar-refractivity contribution >= 4 is 29.1 Å². The maximum Gasteiger partial charge on any atom is 0.215 e. The number of aliphatic imine (C=N–C) groups is 1. The quantitative estimate of drug-likeness (QED) is 0.682. The molecule has 1 N–H and O–H groups in total. The molecule has 4 nitrogen and oxygen atoms in total. The van der Waals surface area contributed by atoms with Crippen LogP contribution in [0.1, 0.15) is 15.9 Å². The van der Waals surface area contributed by atoms with Gasteiger partial charge in [0, 0.05) is 5.56 Å². The summed E-state index contributed by atoms with van der Waals surface area (Å²) in [6, 6.07) is 15.1. The number of carbonyl (C=O) groups is 1. The normalized spacial score (nSPS) is 13.4. The Bertz CT molecular complexity index is 715. The zero-order valence-corrected chi connectivity index (χ0v) is 11.0. The minimum absolute atomic E-state index is 0.0879. The summed E-state index contributed by atoms with van der Waals surface area (Å²) < 4.78 is 0. The SMILES string of the molecule is Cc1ccc(N/N=C/C2=Nc3ccccc3C2=O)cc1.